The SMILES string of the molecule is CCO.[CH3-].[Ti+3].c1cc[cH-]c1.c1cc[cH-]c1. The van der Waals surface area contributed by atoms with Gasteiger partial charge in [-0.05, 0) is 6.92 Å². The molecule has 0 aliphatic carbocycles. The number of rotatable bonds is 0. The molecule has 0 spiro atoms. The van der Waals surface area contributed by atoms with Crippen molar-refractivity contribution in [2.75, 3.05) is 6.61 Å². The van der Waals surface area contributed by atoms with Gasteiger partial charge in [-0.25, -0.2) is 24.3 Å². The Morgan fingerprint density at radius 3 is 1.13 bits per heavy atom. The third kappa shape index (κ3) is 19.7. The monoisotopic (exact) mass is 239 g/mol. The Kier molecular flexibility index (Phi) is 25.2. The van der Waals surface area contributed by atoms with Crippen LogP contribution in [0.3, 0.4) is 0 Å². The maximum Gasteiger partial charge on any atom is 3.00 e. The van der Waals surface area contributed by atoms with Crippen LogP contribution < -0.4 is 0 Å². The Bertz CT molecular complexity index is 162. The van der Waals surface area contributed by atoms with Crippen LogP contribution in [0.4, 0.5) is 0 Å². The van der Waals surface area contributed by atoms with Crippen LogP contribution in [0.1, 0.15) is 6.92 Å². The van der Waals surface area contributed by atoms with E-state index in [2.05, 4.69) is 0 Å². The number of aliphatic hydroxyl groups excluding tert-OH is 1. The fourth-order valence-electron chi connectivity index (χ4n) is 0.642. The molecule has 0 aromatic heterocycles. The maximum absolute atomic E-state index is 7.57. The van der Waals surface area contributed by atoms with Crippen LogP contribution in [0.2, 0.25) is 0 Å². The normalized spacial score (nSPS) is 6.53. The summed E-state index contributed by atoms with van der Waals surface area (Å²) in [7, 11) is 0. The second-order valence-corrected chi connectivity index (χ2v) is 2.24. The number of hydrogen-bond acceptors (Lipinski definition) is 1. The smallest absolute Gasteiger partial charge is 0.397 e. The second kappa shape index (κ2) is 19.0. The van der Waals surface area contributed by atoms with Crippen LogP contribution in [0.5, 0.6) is 0 Å². The van der Waals surface area contributed by atoms with E-state index in [1.54, 1.807) is 6.92 Å². The van der Waals surface area contributed by atoms with E-state index in [0.717, 1.165) is 0 Å². The summed E-state index contributed by atoms with van der Waals surface area (Å²) in [4.78, 5) is 0. The Morgan fingerprint density at radius 2 is 1.07 bits per heavy atom. The van der Waals surface area contributed by atoms with E-state index in [1.165, 1.54) is 0 Å². The van der Waals surface area contributed by atoms with E-state index in [1.807, 2.05) is 60.7 Å². The predicted molar refractivity (Wildman–Crippen MR) is 63.2 cm³/mol. The average molecular weight is 239 g/mol. The summed E-state index contributed by atoms with van der Waals surface area (Å²) in [6.07, 6.45) is 0. The minimum atomic E-state index is 0. The van der Waals surface area contributed by atoms with Crippen LogP contribution in [0.25, 0.3) is 0 Å². The van der Waals surface area contributed by atoms with Gasteiger partial charge in [-0.1, -0.05) is 0 Å². The Balaban J connectivity index is -0.000000140. The first kappa shape index (κ1) is 19.9. The zero-order valence-corrected chi connectivity index (χ0v) is 11.0. The molecule has 0 heterocycles. The van der Waals surface area contributed by atoms with Crippen molar-refractivity contribution in [2.45, 2.75) is 6.92 Å². The van der Waals surface area contributed by atoms with Crippen molar-refractivity contribution in [2.24, 2.45) is 0 Å². The first-order valence-corrected chi connectivity index (χ1v) is 4.36. The molecule has 0 aliphatic rings. The number of aliphatic hydroxyl groups is 1. The molecule has 2 aromatic rings. The van der Waals surface area contributed by atoms with E-state index in [-0.39, 0.29) is 35.8 Å². The molecule has 1 radical (unpaired) electrons. The van der Waals surface area contributed by atoms with E-state index in [0.29, 0.717) is 0 Å². The van der Waals surface area contributed by atoms with Crippen molar-refractivity contribution in [3.8, 4) is 0 Å². The quantitative estimate of drug-likeness (QED) is 0.552. The molecule has 1 N–H and O–H groups in total. The molecule has 0 fully saturated rings. The summed E-state index contributed by atoms with van der Waals surface area (Å²) in [6.45, 7) is 1.93. The van der Waals surface area contributed by atoms with Gasteiger partial charge in [0.15, 0.2) is 0 Å². The third-order valence-electron chi connectivity index (χ3n) is 1.11. The average Bonchev–Trinajstić information content (AvgIpc) is 2.85. The van der Waals surface area contributed by atoms with Gasteiger partial charge in [0.1, 0.15) is 0 Å². The Morgan fingerprint density at radius 1 is 0.867 bits per heavy atom. The van der Waals surface area contributed by atoms with Crippen LogP contribution in [0.15, 0.2) is 60.7 Å². The first-order valence-electron chi connectivity index (χ1n) is 4.36. The molecule has 1 nitrogen and oxygen atoms in total. The zero-order chi connectivity index (χ0) is 9.78. The largest absolute Gasteiger partial charge is 3.00 e. The molecule has 0 atom stereocenters. The molecule has 0 bridgehead atoms. The van der Waals surface area contributed by atoms with E-state index < -0.39 is 0 Å². The van der Waals surface area contributed by atoms with E-state index in [9.17, 15) is 0 Å². The summed E-state index contributed by atoms with van der Waals surface area (Å²) < 4.78 is 0. The number of hydrogen-bond donors (Lipinski definition) is 1. The summed E-state index contributed by atoms with van der Waals surface area (Å²) >= 11 is 0. The molecular formula is C13H19OTi. The molecule has 0 saturated carbocycles. The Labute approximate surface area is 108 Å². The van der Waals surface area contributed by atoms with Gasteiger partial charge < -0.3 is 12.5 Å². The molecule has 81 valence electrons. The van der Waals surface area contributed by atoms with Crippen LogP contribution in [0, 0.1) is 7.43 Å². The van der Waals surface area contributed by atoms with Gasteiger partial charge in [-0.15, -0.1) is 0 Å². The zero-order valence-electron chi connectivity index (χ0n) is 9.43. The predicted octanol–water partition coefficient (Wildman–Crippen LogP) is 3.26. The van der Waals surface area contributed by atoms with Gasteiger partial charge in [0.2, 0.25) is 0 Å². The van der Waals surface area contributed by atoms with Crippen molar-refractivity contribution >= 4 is 0 Å². The van der Waals surface area contributed by atoms with Gasteiger partial charge in [-0.3, -0.25) is 0 Å². The molecule has 0 saturated heterocycles. The third-order valence-corrected chi connectivity index (χ3v) is 1.11. The van der Waals surface area contributed by atoms with Crippen molar-refractivity contribution in [1.29, 1.82) is 0 Å². The molecule has 2 aromatic carbocycles. The van der Waals surface area contributed by atoms with Crippen molar-refractivity contribution in [3.63, 3.8) is 0 Å². The fraction of sp³-hybridized carbons (Fsp3) is 0.154. The van der Waals surface area contributed by atoms with Gasteiger partial charge >= 0.3 is 21.7 Å². The van der Waals surface area contributed by atoms with Crippen LogP contribution in [-0.4, -0.2) is 11.7 Å². The topological polar surface area (TPSA) is 20.2 Å². The van der Waals surface area contributed by atoms with Gasteiger partial charge in [-0.2, -0.15) is 36.4 Å². The van der Waals surface area contributed by atoms with Crippen molar-refractivity contribution < 1.29 is 26.8 Å². The van der Waals surface area contributed by atoms with Crippen molar-refractivity contribution in [1.82, 2.24) is 0 Å². The molecule has 2 heteroatoms. The summed E-state index contributed by atoms with van der Waals surface area (Å²) in [5.41, 5.74) is 0. The molecule has 2 rings (SSSR count). The van der Waals surface area contributed by atoms with Crippen molar-refractivity contribution in [3.05, 3.63) is 68.1 Å². The molecule has 0 amide bonds. The van der Waals surface area contributed by atoms with E-state index in [4.69, 9.17) is 5.11 Å². The van der Waals surface area contributed by atoms with Gasteiger partial charge in [0.25, 0.3) is 0 Å². The van der Waals surface area contributed by atoms with Gasteiger partial charge in [0, 0.05) is 6.61 Å². The summed E-state index contributed by atoms with van der Waals surface area (Å²) in [5, 5.41) is 7.57. The fourth-order valence-corrected chi connectivity index (χ4v) is 0.642. The minimum Gasteiger partial charge on any atom is -0.397 e. The molecule has 0 unspecified atom stereocenters. The molecular weight excluding hydrogens is 220 g/mol. The van der Waals surface area contributed by atoms with E-state index >= 15 is 0 Å². The molecule has 0 aliphatic heterocycles. The maximum atomic E-state index is 7.57. The Hall–Kier alpha value is -0.626. The minimum absolute atomic E-state index is 0. The van der Waals surface area contributed by atoms with Crippen LogP contribution >= 0.6 is 0 Å². The second-order valence-electron chi connectivity index (χ2n) is 2.24. The van der Waals surface area contributed by atoms with Gasteiger partial charge in [0.05, 0.1) is 0 Å². The standard InChI is InChI=1S/2C5H5.C2H6O.CH3.Ti/c2*1-2-4-5-3-1;1-2-3;;/h2*1-5H;3H,2H2,1H3;1H3;/q2*-1;;-1;+3. The van der Waals surface area contributed by atoms with Crippen LogP contribution in [-0.2, 0) is 21.7 Å². The molecule has 15 heavy (non-hydrogen) atoms. The first-order chi connectivity index (χ1) is 6.41. The summed E-state index contributed by atoms with van der Waals surface area (Å²) in [6, 6.07) is 20.0. The summed E-state index contributed by atoms with van der Waals surface area (Å²) in [5.74, 6) is 0.